The summed E-state index contributed by atoms with van der Waals surface area (Å²) in [5, 5.41) is 8.23. The SMILES string of the molecule is NC(C=CCP)C(=O)O. The summed E-state index contributed by atoms with van der Waals surface area (Å²) in [5.74, 6) is -0.996. The van der Waals surface area contributed by atoms with Gasteiger partial charge in [0.2, 0.25) is 0 Å². The van der Waals surface area contributed by atoms with Gasteiger partial charge in [-0.2, -0.15) is 0 Å². The van der Waals surface area contributed by atoms with E-state index < -0.39 is 12.0 Å². The van der Waals surface area contributed by atoms with Crippen LogP contribution in [0.15, 0.2) is 12.2 Å². The molecule has 3 N–H and O–H groups in total. The maximum absolute atomic E-state index is 10.0. The van der Waals surface area contributed by atoms with Crippen molar-refractivity contribution < 1.29 is 9.90 Å². The summed E-state index contributed by atoms with van der Waals surface area (Å²) in [6, 6.07) is -0.856. The third-order valence-electron chi connectivity index (χ3n) is 0.765. The first-order valence-corrected chi connectivity index (χ1v) is 3.35. The number of hydrogen-bond donors (Lipinski definition) is 2. The van der Waals surface area contributed by atoms with Crippen LogP contribution in [0, 0.1) is 0 Å². The van der Waals surface area contributed by atoms with Crippen LogP contribution in [0.5, 0.6) is 0 Å². The first-order valence-electron chi connectivity index (χ1n) is 2.53. The van der Waals surface area contributed by atoms with E-state index in [0.29, 0.717) is 0 Å². The van der Waals surface area contributed by atoms with Crippen molar-refractivity contribution in [3.63, 3.8) is 0 Å². The fourth-order valence-electron chi connectivity index (χ4n) is 0.307. The number of carboxylic acid groups (broad SMARTS) is 1. The molecule has 0 spiro atoms. The van der Waals surface area contributed by atoms with Crippen molar-refractivity contribution in [3.05, 3.63) is 12.2 Å². The van der Waals surface area contributed by atoms with Crippen molar-refractivity contribution in [2.45, 2.75) is 6.04 Å². The highest BCUT2D eigenvalue weighted by Crippen LogP contribution is 1.85. The Bertz CT molecular complexity index is 124. The van der Waals surface area contributed by atoms with Gasteiger partial charge in [0.25, 0.3) is 0 Å². The molecule has 0 bridgehead atoms. The Kier molecular flexibility index (Phi) is 4.28. The number of nitrogens with two attached hydrogens (primary N) is 1. The lowest BCUT2D eigenvalue weighted by Gasteiger charge is -1.95. The molecule has 0 saturated carbocycles. The maximum atomic E-state index is 10.0. The second-order valence-corrected chi connectivity index (χ2v) is 2.00. The smallest absolute Gasteiger partial charge is 0.324 e. The van der Waals surface area contributed by atoms with Crippen LogP contribution in [0.4, 0.5) is 0 Å². The highest BCUT2D eigenvalue weighted by atomic mass is 31.0. The number of rotatable bonds is 3. The molecule has 2 unspecified atom stereocenters. The molecule has 2 atom stereocenters. The van der Waals surface area contributed by atoms with E-state index in [2.05, 4.69) is 9.24 Å². The minimum atomic E-state index is -0.996. The van der Waals surface area contributed by atoms with Crippen molar-refractivity contribution in [3.8, 4) is 0 Å². The van der Waals surface area contributed by atoms with Crippen molar-refractivity contribution >= 4 is 15.2 Å². The summed E-state index contributed by atoms with van der Waals surface area (Å²) in [4.78, 5) is 10.0. The Balaban J connectivity index is 3.62. The molecular formula is C5H10NO2P. The monoisotopic (exact) mass is 147 g/mol. The van der Waals surface area contributed by atoms with Gasteiger partial charge in [-0.05, 0) is 6.16 Å². The molecule has 0 amide bonds. The summed E-state index contributed by atoms with van der Waals surface area (Å²) in [6.45, 7) is 0. The lowest BCUT2D eigenvalue weighted by atomic mass is 10.3. The Morgan fingerprint density at radius 1 is 1.89 bits per heavy atom. The summed E-state index contributed by atoms with van der Waals surface area (Å²) in [6.07, 6.45) is 3.89. The number of carboxylic acids is 1. The van der Waals surface area contributed by atoms with Gasteiger partial charge in [0.15, 0.2) is 0 Å². The highest BCUT2D eigenvalue weighted by Gasteiger charge is 2.04. The Hall–Kier alpha value is -0.400. The van der Waals surface area contributed by atoms with E-state index in [1.54, 1.807) is 6.08 Å². The topological polar surface area (TPSA) is 63.3 Å². The van der Waals surface area contributed by atoms with Crippen LogP contribution in [0.25, 0.3) is 0 Å². The molecule has 0 aromatic heterocycles. The molecule has 0 aromatic carbocycles. The van der Waals surface area contributed by atoms with Crippen LogP contribution in [0.2, 0.25) is 0 Å². The van der Waals surface area contributed by atoms with Gasteiger partial charge in [0, 0.05) is 0 Å². The molecule has 0 saturated heterocycles. The van der Waals surface area contributed by atoms with Crippen molar-refractivity contribution in [1.29, 1.82) is 0 Å². The molecular weight excluding hydrogens is 137 g/mol. The predicted octanol–water partition coefficient (Wildman–Crippen LogP) is -0.170. The highest BCUT2D eigenvalue weighted by molar-refractivity contribution is 7.16. The summed E-state index contributed by atoms with van der Waals surface area (Å²) < 4.78 is 0. The Morgan fingerprint density at radius 3 is 2.78 bits per heavy atom. The zero-order valence-corrected chi connectivity index (χ0v) is 6.10. The van der Waals surface area contributed by atoms with E-state index in [1.807, 2.05) is 0 Å². The fraction of sp³-hybridized carbons (Fsp3) is 0.400. The molecule has 0 rings (SSSR count). The summed E-state index contributed by atoms with van der Waals surface area (Å²) >= 11 is 0. The number of allylic oxidation sites excluding steroid dienone is 1. The largest absolute Gasteiger partial charge is 0.480 e. The number of carbonyl (C=O) groups is 1. The van der Waals surface area contributed by atoms with Gasteiger partial charge in [-0.1, -0.05) is 12.2 Å². The molecule has 0 aliphatic rings. The van der Waals surface area contributed by atoms with E-state index in [0.717, 1.165) is 6.16 Å². The summed E-state index contributed by atoms with van der Waals surface area (Å²) in [7, 11) is 2.44. The van der Waals surface area contributed by atoms with Gasteiger partial charge < -0.3 is 10.8 Å². The molecule has 0 aliphatic carbocycles. The third kappa shape index (κ3) is 4.13. The van der Waals surface area contributed by atoms with Crippen LogP contribution >= 0.6 is 9.24 Å². The van der Waals surface area contributed by atoms with Crippen molar-refractivity contribution in [1.82, 2.24) is 0 Å². The average molecular weight is 147 g/mol. The molecule has 3 nitrogen and oxygen atoms in total. The normalized spacial score (nSPS) is 14.0. The third-order valence-corrected chi connectivity index (χ3v) is 1.04. The van der Waals surface area contributed by atoms with Gasteiger partial charge in [0.1, 0.15) is 6.04 Å². The van der Waals surface area contributed by atoms with E-state index in [4.69, 9.17) is 10.8 Å². The van der Waals surface area contributed by atoms with Crippen LogP contribution < -0.4 is 5.73 Å². The van der Waals surface area contributed by atoms with E-state index in [9.17, 15) is 4.79 Å². The minimum Gasteiger partial charge on any atom is -0.480 e. The molecule has 52 valence electrons. The quantitative estimate of drug-likeness (QED) is 0.430. The van der Waals surface area contributed by atoms with Gasteiger partial charge in [-0.3, -0.25) is 4.79 Å². The van der Waals surface area contributed by atoms with Crippen LogP contribution in [-0.2, 0) is 4.79 Å². The Morgan fingerprint density at radius 2 is 2.44 bits per heavy atom. The molecule has 0 heterocycles. The van der Waals surface area contributed by atoms with Crippen LogP contribution in [0.1, 0.15) is 0 Å². The van der Waals surface area contributed by atoms with Crippen LogP contribution in [-0.4, -0.2) is 23.3 Å². The van der Waals surface area contributed by atoms with E-state index >= 15 is 0 Å². The van der Waals surface area contributed by atoms with Gasteiger partial charge in [-0.15, -0.1) is 9.24 Å². The van der Waals surface area contributed by atoms with Gasteiger partial charge in [0.05, 0.1) is 0 Å². The van der Waals surface area contributed by atoms with E-state index in [-0.39, 0.29) is 0 Å². The Labute approximate surface area is 56.1 Å². The molecule has 9 heavy (non-hydrogen) atoms. The number of hydrogen-bond acceptors (Lipinski definition) is 2. The zero-order valence-electron chi connectivity index (χ0n) is 4.95. The average Bonchev–Trinajstić information content (AvgIpc) is 1.82. The molecule has 4 heteroatoms. The van der Waals surface area contributed by atoms with Gasteiger partial charge >= 0.3 is 5.97 Å². The van der Waals surface area contributed by atoms with Gasteiger partial charge in [-0.25, -0.2) is 0 Å². The minimum absolute atomic E-state index is 0.737. The first kappa shape index (κ1) is 8.60. The zero-order chi connectivity index (χ0) is 7.28. The van der Waals surface area contributed by atoms with Crippen molar-refractivity contribution in [2.75, 3.05) is 6.16 Å². The lowest BCUT2D eigenvalue weighted by Crippen LogP contribution is -2.27. The molecule has 0 fully saturated rings. The predicted molar refractivity (Wildman–Crippen MR) is 39.3 cm³/mol. The maximum Gasteiger partial charge on any atom is 0.324 e. The van der Waals surface area contributed by atoms with Crippen LogP contribution in [0.3, 0.4) is 0 Å². The first-order chi connectivity index (χ1) is 4.18. The van der Waals surface area contributed by atoms with Crippen molar-refractivity contribution in [2.24, 2.45) is 5.73 Å². The second-order valence-electron chi connectivity index (χ2n) is 1.53. The standard InChI is InChI=1S/C5H10NO2P/c6-4(5(7)8)2-1-3-9/h1-2,4H,3,6,9H2,(H,7,8). The fourth-order valence-corrected chi connectivity index (χ4v) is 0.465. The second kappa shape index (κ2) is 4.48. The molecule has 0 aromatic rings. The molecule has 0 radical (unpaired) electrons. The summed E-state index contributed by atoms with van der Waals surface area (Å²) in [5.41, 5.74) is 5.11. The number of aliphatic carboxylic acids is 1. The molecule has 0 aliphatic heterocycles. The van der Waals surface area contributed by atoms with E-state index in [1.165, 1.54) is 6.08 Å². The lowest BCUT2D eigenvalue weighted by molar-refractivity contribution is -0.137.